The van der Waals surface area contributed by atoms with Crippen LogP contribution in [-0.4, -0.2) is 47.0 Å². The Labute approximate surface area is 146 Å². The van der Waals surface area contributed by atoms with Gasteiger partial charge in [-0.3, -0.25) is 0 Å². The van der Waals surface area contributed by atoms with E-state index < -0.39 is 16.0 Å². The van der Waals surface area contributed by atoms with Gasteiger partial charge in [-0.05, 0) is 60.8 Å². The lowest BCUT2D eigenvalue weighted by molar-refractivity contribution is 0.0600. The van der Waals surface area contributed by atoms with Crippen molar-refractivity contribution in [2.24, 2.45) is 0 Å². The summed E-state index contributed by atoms with van der Waals surface area (Å²) in [6.07, 6.45) is 0. The van der Waals surface area contributed by atoms with E-state index in [4.69, 9.17) is 0 Å². The standard InChI is InChI=1S/C16H20N2O4S2/c1-18(2)15(13-8-9-23-11-13)10-17-24(20,21)14-6-4-12(5-7-14)16(19)22-3/h4-9,11,15,17H,10H2,1-3H3. The third-order valence-electron chi connectivity index (χ3n) is 3.60. The highest BCUT2D eigenvalue weighted by molar-refractivity contribution is 7.89. The zero-order valence-electron chi connectivity index (χ0n) is 13.7. The molecule has 0 saturated carbocycles. The first-order chi connectivity index (χ1) is 11.3. The number of rotatable bonds is 7. The Morgan fingerprint density at radius 2 is 1.92 bits per heavy atom. The number of sulfonamides is 1. The molecule has 1 heterocycles. The maximum atomic E-state index is 12.4. The number of carbonyl (C=O) groups excluding carboxylic acids is 1. The average molecular weight is 368 g/mol. The maximum absolute atomic E-state index is 12.4. The molecule has 24 heavy (non-hydrogen) atoms. The number of nitrogens with one attached hydrogen (secondary N) is 1. The third-order valence-corrected chi connectivity index (χ3v) is 5.74. The van der Waals surface area contributed by atoms with Crippen LogP contribution in [0.3, 0.4) is 0 Å². The fraction of sp³-hybridized carbons (Fsp3) is 0.312. The van der Waals surface area contributed by atoms with Crippen molar-refractivity contribution in [3.8, 4) is 0 Å². The molecule has 2 rings (SSSR count). The van der Waals surface area contributed by atoms with E-state index in [0.29, 0.717) is 5.56 Å². The van der Waals surface area contributed by atoms with Crippen LogP contribution < -0.4 is 4.72 Å². The van der Waals surface area contributed by atoms with Crippen molar-refractivity contribution < 1.29 is 17.9 Å². The van der Waals surface area contributed by atoms with Crippen LogP contribution >= 0.6 is 11.3 Å². The Morgan fingerprint density at radius 3 is 2.42 bits per heavy atom. The number of nitrogens with zero attached hydrogens (tertiary/aromatic N) is 1. The lowest BCUT2D eigenvalue weighted by Gasteiger charge is -2.24. The van der Waals surface area contributed by atoms with Crippen molar-refractivity contribution in [1.82, 2.24) is 9.62 Å². The molecule has 1 atom stereocenters. The Hall–Kier alpha value is -1.74. The molecule has 2 aromatic rings. The molecule has 1 unspecified atom stereocenters. The number of hydrogen-bond acceptors (Lipinski definition) is 6. The van der Waals surface area contributed by atoms with Crippen molar-refractivity contribution in [2.45, 2.75) is 10.9 Å². The number of methoxy groups -OCH3 is 1. The Kier molecular flexibility index (Phi) is 6.11. The fourth-order valence-electron chi connectivity index (χ4n) is 2.22. The van der Waals surface area contributed by atoms with Gasteiger partial charge in [-0.25, -0.2) is 17.9 Å². The lowest BCUT2D eigenvalue weighted by atomic mass is 10.1. The first-order valence-electron chi connectivity index (χ1n) is 7.21. The van der Waals surface area contributed by atoms with Gasteiger partial charge in [0.15, 0.2) is 0 Å². The summed E-state index contributed by atoms with van der Waals surface area (Å²) in [4.78, 5) is 13.5. The highest BCUT2D eigenvalue weighted by atomic mass is 32.2. The summed E-state index contributed by atoms with van der Waals surface area (Å²) in [5.74, 6) is -0.503. The smallest absolute Gasteiger partial charge is 0.337 e. The summed E-state index contributed by atoms with van der Waals surface area (Å²) in [7, 11) is 1.43. The summed E-state index contributed by atoms with van der Waals surface area (Å²) >= 11 is 1.57. The molecule has 1 aromatic carbocycles. The molecule has 8 heteroatoms. The van der Waals surface area contributed by atoms with E-state index in [1.165, 1.54) is 31.4 Å². The van der Waals surface area contributed by atoms with Gasteiger partial charge >= 0.3 is 5.97 Å². The summed E-state index contributed by atoms with van der Waals surface area (Å²) in [6, 6.07) is 7.58. The molecular weight excluding hydrogens is 348 g/mol. The fourth-order valence-corrected chi connectivity index (χ4v) is 3.97. The largest absolute Gasteiger partial charge is 0.465 e. The Balaban J connectivity index is 2.11. The number of likely N-dealkylation sites (N-methyl/N-ethyl adjacent to an activating group) is 1. The molecule has 0 aliphatic rings. The van der Waals surface area contributed by atoms with Gasteiger partial charge in [-0.2, -0.15) is 11.3 Å². The van der Waals surface area contributed by atoms with Crippen molar-refractivity contribution in [1.29, 1.82) is 0 Å². The van der Waals surface area contributed by atoms with E-state index in [0.717, 1.165) is 5.56 Å². The predicted molar refractivity (Wildman–Crippen MR) is 93.7 cm³/mol. The minimum Gasteiger partial charge on any atom is -0.465 e. The van der Waals surface area contributed by atoms with Crippen LogP contribution in [-0.2, 0) is 14.8 Å². The minimum absolute atomic E-state index is 0.0552. The van der Waals surface area contributed by atoms with Gasteiger partial charge < -0.3 is 9.64 Å². The van der Waals surface area contributed by atoms with Gasteiger partial charge in [-0.1, -0.05) is 0 Å². The second kappa shape index (κ2) is 7.89. The van der Waals surface area contributed by atoms with E-state index in [1.54, 1.807) is 11.3 Å². The van der Waals surface area contributed by atoms with Crippen molar-refractivity contribution in [2.75, 3.05) is 27.7 Å². The molecule has 0 saturated heterocycles. The molecule has 1 aromatic heterocycles. The normalized spacial score (nSPS) is 13.0. The highest BCUT2D eigenvalue weighted by Crippen LogP contribution is 2.21. The second-order valence-corrected chi connectivity index (χ2v) is 7.95. The number of benzene rings is 1. The molecule has 0 aliphatic heterocycles. The number of ether oxygens (including phenoxy) is 1. The van der Waals surface area contributed by atoms with E-state index >= 15 is 0 Å². The summed E-state index contributed by atoms with van der Waals surface area (Å²) in [5.41, 5.74) is 1.37. The molecule has 0 spiro atoms. The van der Waals surface area contributed by atoms with Crippen LogP contribution in [0.2, 0.25) is 0 Å². The van der Waals surface area contributed by atoms with Gasteiger partial charge in [0.1, 0.15) is 0 Å². The summed E-state index contributed by atoms with van der Waals surface area (Å²) in [6.45, 7) is 0.255. The molecule has 0 amide bonds. The Bertz CT molecular complexity index is 769. The first-order valence-corrected chi connectivity index (χ1v) is 9.64. The van der Waals surface area contributed by atoms with Crippen LogP contribution in [0.4, 0.5) is 0 Å². The monoisotopic (exact) mass is 368 g/mol. The minimum atomic E-state index is -3.65. The lowest BCUT2D eigenvalue weighted by Crippen LogP contribution is -2.34. The van der Waals surface area contributed by atoms with Gasteiger partial charge in [-0.15, -0.1) is 0 Å². The van der Waals surface area contributed by atoms with Crippen molar-refractivity contribution in [3.63, 3.8) is 0 Å². The van der Waals surface area contributed by atoms with E-state index in [-0.39, 0.29) is 17.5 Å². The Morgan fingerprint density at radius 1 is 1.25 bits per heavy atom. The number of esters is 1. The van der Waals surface area contributed by atoms with Crippen LogP contribution in [0.15, 0.2) is 46.0 Å². The van der Waals surface area contributed by atoms with Gasteiger partial charge in [0.05, 0.1) is 17.6 Å². The van der Waals surface area contributed by atoms with Crippen molar-refractivity contribution in [3.05, 3.63) is 52.2 Å². The topological polar surface area (TPSA) is 75.7 Å². The van der Waals surface area contributed by atoms with Gasteiger partial charge in [0.2, 0.25) is 10.0 Å². The first kappa shape index (κ1) is 18.6. The van der Waals surface area contributed by atoms with Crippen LogP contribution in [0.5, 0.6) is 0 Å². The second-order valence-electron chi connectivity index (χ2n) is 5.40. The van der Waals surface area contributed by atoms with E-state index in [2.05, 4.69) is 9.46 Å². The van der Waals surface area contributed by atoms with Gasteiger partial charge in [0, 0.05) is 12.6 Å². The quantitative estimate of drug-likeness (QED) is 0.758. The average Bonchev–Trinajstić information content (AvgIpc) is 3.08. The summed E-state index contributed by atoms with van der Waals surface area (Å²) in [5, 5.41) is 3.97. The molecule has 0 aliphatic carbocycles. The van der Waals surface area contributed by atoms with Crippen LogP contribution in [0.25, 0.3) is 0 Å². The highest BCUT2D eigenvalue weighted by Gasteiger charge is 2.20. The zero-order chi connectivity index (χ0) is 17.7. The van der Waals surface area contributed by atoms with Gasteiger partial charge in [0.25, 0.3) is 0 Å². The third kappa shape index (κ3) is 4.41. The number of carbonyl (C=O) groups is 1. The molecule has 0 radical (unpaired) electrons. The maximum Gasteiger partial charge on any atom is 0.337 e. The number of hydrogen-bond donors (Lipinski definition) is 1. The summed E-state index contributed by atoms with van der Waals surface area (Å²) < 4.78 is 32.1. The van der Waals surface area contributed by atoms with Crippen LogP contribution in [0.1, 0.15) is 22.0 Å². The molecule has 0 bridgehead atoms. The number of thiophene rings is 1. The molecule has 0 fully saturated rings. The van der Waals surface area contributed by atoms with Crippen LogP contribution in [0, 0.1) is 0 Å². The molecule has 130 valence electrons. The SMILES string of the molecule is COC(=O)c1ccc(S(=O)(=O)NCC(c2ccsc2)N(C)C)cc1. The van der Waals surface area contributed by atoms with Crippen molar-refractivity contribution >= 4 is 27.3 Å². The zero-order valence-corrected chi connectivity index (χ0v) is 15.4. The predicted octanol–water partition coefficient (Wildman–Crippen LogP) is 2.12. The van der Waals surface area contributed by atoms with E-state index in [9.17, 15) is 13.2 Å². The molecule has 6 nitrogen and oxygen atoms in total. The van der Waals surface area contributed by atoms with E-state index in [1.807, 2.05) is 35.8 Å². The molecular formula is C16H20N2O4S2. The molecule has 1 N–H and O–H groups in total.